The molecule has 0 amide bonds. The van der Waals surface area contributed by atoms with Gasteiger partial charge in [0, 0.05) is 24.1 Å². The second kappa shape index (κ2) is 12.8. The zero-order chi connectivity index (χ0) is 23.6. The van der Waals surface area contributed by atoms with Gasteiger partial charge in [0.15, 0.2) is 0 Å². The van der Waals surface area contributed by atoms with E-state index in [1.807, 2.05) is 61.5 Å². The van der Waals surface area contributed by atoms with Crippen molar-refractivity contribution in [3.05, 3.63) is 101 Å². The van der Waals surface area contributed by atoms with E-state index in [0.29, 0.717) is 23.7 Å². The second-order valence-electron chi connectivity index (χ2n) is 7.54. The average molecular weight is 465 g/mol. The Kier molecular flexibility index (Phi) is 9.86. The van der Waals surface area contributed by atoms with E-state index in [-0.39, 0.29) is 18.3 Å². The summed E-state index contributed by atoms with van der Waals surface area (Å²) in [6.07, 6.45) is 2.15. The molecule has 0 aromatic heterocycles. The Labute approximate surface area is 198 Å². The lowest BCUT2D eigenvalue weighted by Crippen LogP contribution is -2.12. The standard InChI is InChI=1S/C27H26O6.H2O/c1-19-7-5-6-10-23(19)24(14-16-27(30)31)33-25-17-22(13-11-21(25)12-15-26(28)29)32-18-20-8-3-2-4-9-20;/h2-13,15,17,24H,14,16,18H2,1H3,(H,28,29)(H,30,31);1H2/b15-12+;. The van der Waals surface area contributed by atoms with Crippen molar-refractivity contribution in [2.45, 2.75) is 32.5 Å². The van der Waals surface area contributed by atoms with E-state index in [1.54, 1.807) is 18.2 Å². The molecule has 0 saturated heterocycles. The van der Waals surface area contributed by atoms with Crippen LogP contribution in [0, 0.1) is 6.92 Å². The fourth-order valence-electron chi connectivity index (χ4n) is 3.38. The summed E-state index contributed by atoms with van der Waals surface area (Å²) < 4.78 is 12.2. The molecule has 3 aromatic carbocycles. The van der Waals surface area contributed by atoms with Gasteiger partial charge in [-0.3, -0.25) is 4.79 Å². The van der Waals surface area contributed by atoms with E-state index in [0.717, 1.165) is 22.8 Å². The summed E-state index contributed by atoms with van der Waals surface area (Å²) in [7, 11) is 0. The molecule has 3 aromatic rings. The lowest BCUT2D eigenvalue weighted by atomic mass is 9.99. The van der Waals surface area contributed by atoms with E-state index in [1.165, 1.54) is 6.08 Å². The van der Waals surface area contributed by atoms with E-state index in [4.69, 9.17) is 14.6 Å². The predicted octanol–water partition coefficient (Wildman–Crippen LogP) is 4.83. The number of hydrogen-bond acceptors (Lipinski definition) is 4. The molecule has 0 saturated carbocycles. The third kappa shape index (κ3) is 7.79. The van der Waals surface area contributed by atoms with Crippen LogP contribution in [0.1, 0.15) is 41.2 Å². The monoisotopic (exact) mass is 464 g/mol. The van der Waals surface area contributed by atoms with Gasteiger partial charge in [-0.25, -0.2) is 4.79 Å². The lowest BCUT2D eigenvalue weighted by molar-refractivity contribution is -0.137. The molecular formula is C27H28O7. The summed E-state index contributed by atoms with van der Waals surface area (Å²) in [4.78, 5) is 22.3. The van der Waals surface area contributed by atoms with Gasteiger partial charge in [0.05, 0.1) is 0 Å². The van der Waals surface area contributed by atoms with Gasteiger partial charge < -0.3 is 25.2 Å². The van der Waals surface area contributed by atoms with Crippen LogP contribution in [0.25, 0.3) is 6.08 Å². The SMILES string of the molecule is Cc1ccccc1C(CCC(=O)O)Oc1cc(OCc2ccccc2)ccc1/C=C/C(=O)O.O. The highest BCUT2D eigenvalue weighted by molar-refractivity contribution is 5.86. The molecule has 34 heavy (non-hydrogen) atoms. The van der Waals surface area contributed by atoms with Gasteiger partial charge in [-0.2, -0.15) is 0 Å². The Hall–Kier alpha value is -4.10. The summed E-state index contributed by atoms with van der Waals surface area (Å²) in [6, 6.07) is 22.5. The van der Waals surface area contributed by atoms with E-state index in [9.17, 15) is 14.7 Å². The van der Waals surface area contributed by atoms with Crippen LogP contribution in [0.2, 0.25) is 0 Å². The van der Waals surface area contributed by atoms with Crippen LogP contribution >= 0.6 is 0 Å². The molecule has 7 nitrogen and oxygen atoms in total. The van der Waals surface area contributed by atoms with Gasteiger partial charge in [-0.15, -0.1) is 0 Å². The van der Waals surface area contributed by atoms with Crippen LogP contribution in [0.15, 0.2) is 78.9 Å². The highest BCUT2D eigenvalue weighted by atomic mass is 16.5. The van der Waals surface area contributed by atoms with E-state index < -0.39 is 18.0 Å². The van der Waals surface area contributed by atoms with Crippen molar-refractivity contribution in [1.82, 2.24) is 0 Å². The Morgan fingerprint density at radius 1 is 0.971 bits per heavy atom. The summed E-state index contributed by atoms with van der Waals surface area (Å²) in [5.41, 5.74) is 3.42. The van der Waals surface area contributed by atoms with Gasteiger partial charge in [0.1, 0.15) is 24.2 Å². The second-order valence-corrected chi connectivity index (χ2v) is 7.54. The van der Waals surface area contributed by atoms with Crippen LogP contribution in [-0.4, -0.2) is 27.6 Å². The van der Waals surface area contributed by atoms with Gasteiger partial charge in [0.2, 0.25) is 0 Å². The fraction of sp³-hybridized carbons (Fsp3) is 0.185. The highest BCUT2D eigenvalue weighted by Crippen LogP contribution is 2.33. The van der Waals surface area contributed by atoms with Crippen molar-refractivity contribution in [2.24, 2.45) is 0 Å². The molecule has 178 valence electrons. The molecule has 0 bridgehead atoms. The van der Waals surface area contributed by atoms with Gasteiger partial charge >= 0.3 is 11.9 Å². The maximum Gasteiger partial charge on any atom is 0.328 e. The molecule has 3 rings (SSSR count). The maximum absolute atomic E-state index is 11.2. The number of carboxylic acids is 2. The maximum atomic E-state index is 11.2. The van der Waals surface area contributed by atoms with Gasteiger partial charge in [-0.1, -0.05) is 54.6 Å². The average Bonchev–Trinajstić information content (AvgIpc) is 2.80. The first kappa shape index (κ1) is 26.2. The minimum absolute atomic E-state index is 0. The van der Waals surface area contributed by atoms with E-state index in [2.05, 4.69) is 0 Å². The summed E-state index contributed by atoms with van der Waals surface area (Å²) in [6.45, 7) is 2.31. The predicted molar refractivity (Wildman–Crippen MR) is 129 cm³/mol. The number of rotatable bonds is 11. The molecule has 0 aliphatic carbocycles. The topological polar surface area (TPSA) is 125 Å². The van der Waals surface area contributed by atoms with Crippen molar-refractivity contribution in [1.29, 1.82) is 0 Å². The molecular weight excluding hydrogens is 436 g/mol. The minimum Gasteiger partial charge on any atom is -0.489 e. The molecule has 0 radical (unpaired) electrons. The number of benzene rings is 3. The number of aliphatic carboxylic acids is 2. The number of aryl methyl sites for hydroxylation is 1. The van der Waals surface area contributed by atoms with Crippen LogP contribution in [-0.2, 0) is 16.2 Å². The Morgan fingerprint density at radius 2 is 1.68 bits per heavy atom. The van der Waals surface area contributed by atoms with Crippen molar-refractivity contribution >= 4 is 18.0 Å². The highest BCUT2D eigenvalue weighted by Gasteiger charge is 2.19. The smallest absolute Gasteiger partial charge is 0.328 e. The summed E-state index contributed by atoms with van der Waals surface area (Å²) in [5.74, 6) is -1.02. The number of carboxylic acid groups (broad SMARTS) is 2. The molecule has 0 fully saturated rings. The molecule has 1 atom stereocenters. The first-order chi connectivity index (χ1) is 15.9. The Morgan fingerprint density at radius 3 is 2.35 bits per heavy atom. The molecule has 0 heterocycles. The van der Waals surface area contributed by atoms with E-state index >= 15 is 0 Å². The largest absolute Gasteiger partial charge is 0.489 e. The molecule has 7 heteroatoms. The number of ether oxygens (including phenoxy) is 2. The molecule has 1 unspecified atom stereocenters. The Balaban J connectivity index is 0.00000408. The lowest BCUT2D eigenvalue weighted by Gasteiger charge is -2.22. The van der Waals surface area contributed by atoms with Gasteiger partial charge in [0.25, 0.3) is 0 Å². The molecule has 4 N–H and O–H groups in total. The summed E-state index contributed by atoms with van der Waals surface area (Å²) >= 11 is 0. The quantitative estimate of drug-likeness (QED) is 0.392. The van der Waals surface area contributed by atoms with Crippen LogP contribution in [0.3, 0.4) is 0 Å². The third-order valence-electron chi connectivity index (χ3n) is 5.06. The number of carbonyl (C=O) groups is 2. The molecule has 0 aliphatic heterocycles. The number of hydrogen-bond donors (Lipinski definition) is 2. The van der Waals surface area contributed by atoms with Gasteiger partial charge in [-0.05, 0) is 48.2 Å². The first-order valence-electron chi connectivity index (χ1n) is 10.6. The van der Waals surface area contributed by atoms with Crippen LogP contribution < -0.4 is 9.47 Å². The molecule has 0 aliphatic rings. The van der Waals surface area contributed by atoms with Crippen LogP contribution in [0.5, 0.6) is 11.5 Å². The Bertz CT molecular complexity index is 1120. The third-order valence-corrected chi connectivity index (χ3v) is 5.06. The fourth-order valence-corrected chi connectivity index (χ4v) is 3.38. The van der Waals surface area contributed by atoms with Crippen molar-refractivity contribution in [3.63, 3.8) is 0 Å². The zero-order valence-corrected chi connectivity index (χ0v) is 18.8. The minimum atomic E-state index is -1.08. The molecule has 0 spiro atoms. The normalized spacial score (nSPS) is 11.4. The van der Waals surface area contributed by atoms with Crippen molar-refractivity contribution < 1.29 is 34.8 Å². The van der Waals surface area contributed by atoms with Crippen molar-refractivity contribution in [3.8, 4) is 11.5 Å². The van der Waals surface area contributed by atoms with Crippen LogP contribution in [0.4, 0.5) is 0 Å². The summed E-state index contributed by atoms with van der Waals surface area (Å²) in [5, 5.41) is 18.3. The van der Waals surface area contributed by atoms with Crippen molar-refractivity contribution in [2.75, 3.05) is 0 Å². The zero-order valence-electron chi connectivity index (χ0n) is 18.8. The first-order valence-corrected chi connectivity index (χ1v) is 10.6.